The van der Waals surface area contributed by atoms with Gasteiger partial charge in [-0.15, -0.1) is 0 Å². The fraction of sp³-hybridized carbons (Fsp3) is 0.0455. The Labute approximate surface area is 183 Å². The zero-order chi connectivity index (χ0) is 22.2. The number of benzene rings is 3. The summed E-state index contributed by atoms with van der Waals surface area (Å²) in [6.07, 6.45) is 0. The van der Waals surface area contributed by atoms with Crippen LogP contribution in [-0.2, 0) is 4.79 Å². The Balaban J connectivity index is 1.65. The summed E-state index contributed by atoms with van der Waals surface area (Å²) in [5.74, 6) is -1.60. The molecule has 0 aliphatic rings. The molecule has 0 heterocycles. The molecule has 3 N–H and O–H groups in total. The molecule has 0 atom stereocenters. The van der Waals surface area contributed by atoms with Crippen LogP contribution < -0.4 is 16.2 Å². The Hall–Kier alpha value is -4.11. The van der Waals surface area contributed by atoms with E-state index in [4.69, 9.17) is 12.2 Å². The average molecular weight is 434 g/mol. The van der Waals surface area contributed by atoms with E-state index in [1.165, 1.54) is 18.2 Å². The third kappa shape index (κ3) is 5.71. The van der Waals surface area contributed by atoms with Gasteiger partial charge in [-0.1, -0.05) is 66.7 Å². The number of nitrogens with zero attached hydrogens (tertiary/aromatic N) is 1. The normalized spacial score (nSPS) is 10.2. The first-order valence-electron chi connectivity index (χ1n) is 9.21. The van der Waals surface area contributed by atoms with E-state index in [1.54, 1.807) is 0 Å². The molecular weight excluding hydrogens is 416 g/mol. The molecule has 0 fully saturated rings. The first-order valence-corrected chi connectivity index (χ1v) is 9.62. The number of rotatable bonds is 5. The van der Waals surface area contributed by atoms with Gasteiger partial charge < -0.3 is 0 Å². The number of nitro benzene ring substituents is 1. The lowest BCUT2D eigenvalue weighted by Gasteiger charge is -2.19. The van der Waals surface area contributed by atoms with Gasteiger partial charge >= 0.3 is 0 Å². The van der Waals surface area contributed by atoms with E-state index in [-0.39, 0.29) is 22.3 Å². The van der Waals surface area contributed by atoms with Gasteiger partial charge in [-0.05, 0) is 29.4 Å². The van der Waals surface area contributed by atoms with E-state index in [2.05, 4.69) is 16.2 Å². The molecule has 0 aliphatic carbocycles. The SMILES string of the molecule is O=C(NC(=S)NNC(=O)C(c1ccccc1)c1ccccc1)c1cccc([N+](=O)[O-])c1. The van der Waals surface area contributed by atoms with Crippen LogP contribution in [0.15, 0.2) is 84.9 Å². The number of hydrazine groups is 1. The Bertz CT molecular complexity index is 1070. The number of carbonyl (C=O) groups excluding carboxylic acids is 2. The number of nitrogens with one attached hydrogen (secondary N) is 3. The molecule has 8 nitrogen and oxygen atoms in total. The quantitative estimate of drug-likeness (QED) is 0.323. The van der Waals surface area contributed by atoms with Gasteiger partial charge in [0.1, 0.15) is 0 Å². The summed E-state index contributed by atoms with van der Waals surface area (Å²) in [4.78, 5) is 35.4. The minimum absolute atomic E-state index is 0.0659. The molecule has 0 saturated carbocycles. The fourth-order valence-corrected chi connectivity index (χ4v) is 3.09. The van der Waals surface area contributed by atoms with E-state index in [1.807, 2.05) is 60.7 Å². The van der Waals surface area contributed by atoms with Gasteiger partial charge in [-0.3, -0.25) is 35.9 Å². The van der Waals surface area contributed by atoms with Gasteiger partial charge in [-0.25, -0.2) is 0 Å². The molecule has 3 aromatic carbocycles. The van der Waals surface area contributed by atoms with E-state index < -0.39 is 16.7 Å². The highest BCUT2D eigenvalue weighted by Gasteiger charge is 2.23. The first-order chi connectivity index (χ1) is 15.0. The fourth-order valence-electron chi connectivity index (χ4n) is 2.94. The maximum absolute atomic E-state index is 12.9. The molecular formula is C22H18N4O4S. The maximum Gasteiger partial charge on any atom is 0.270 e. The predicted octanol–water partition coefficient (Wildman–Crippen LogP) is 3.06. The van der Waals surface area contributed by atoms with Crippen LogP contribution in [0, 0.1) is 10.1 Å². The zero-order valence-electron chi connectivity index (χ0n) is 16.1. The number of non-ortho nitro benzene ring substituents is 1. The van der Waals surface area contributed by atoms with E-state index in [0.29, 0.717) is 0 Å². The summed E-state index contributed by atoms with van der Waals surface area (Å²) in [7, 11) is 0. The molecule has 0 aliphatic heterocycles. The Kier molecular flexibility index (Phi) is 7.02. The van der Waals surface area contributed by atoms with Gasteiger partial charge in [0, 0.05) is 17.7 Å². The summed E-state index contributed by atoms with van der Waals surface area (Å²) in [5.41, 5.74) is 6.45. The second-order valence-electron chi connectivity index (χ2n) is 6.46. The third-order valence-corrected chi connectivity index (χ3v) is 4.58. The molecule has 0 saturated heterocycles. The van der Waals surface area contributed by atoms with Crippen LogP contribution in [0.4, 0.5) is 5.69 Å². The smallest absolute Gasteiger partial charge is 0.270 e. The molecule has 3 aromatic rings. The van der Waals surface area contributed by atoms with Crippen molar-refractivity contribution in [3.05, 3.63) is 112 Å². The van der Waals surface area contributed by atoms with Gasteiger partial charge in [0.15, 0.2) is 5.11 Å². The van der Waals surface area contributed by atoms with Crippen LogP contribution in [0.5, 0.6) is 0 Å². The summed E-state index contributed by atoms with van der Waals surface area (Å²) in [6.45, 7) is 0. The molecule has 0 unspecified atom stereocenters. The molecule has 0 spiro atoms. The van der Waals surface area contributed by atoms with Gasteiger partial charge in [0.2, 0.25) is 5.91 Å². The van der Waals surface area contributed by atoms with Crippen molar-refractivity contribution in [2.75, 3.05) is 0 Å². The predicted molar refractivity (Wildman–Crippen MR) is 119 cm³/mol. The van der Waals surface area contributed by atoms with Gasteiger partial charge in [0.05, 0.1) is 10.8 Å². The van der Waals surface area contributed by atoms with E-state index in [9.17, 15) is 19.7 Å². The summed E-state index contributed by atoms with van der Waals surface area (Å²) < 4.78 is 0. The van der Waals surface area contributed by atoms with Crippen molar-refractivity contribution in [1.82, 2.24) is 16.2 Å². The maximum atomic E-state index is 12.9. The second kappa shape index (κ2) is 10.1. The molecule has 0 bridgehead atoms. The highest BCUT2D eigenvalue weighted by atomic mass is 32.1. The van der Waals surface area contributed by atoms with Crippen molar-refractivity contribution in [2.45, 2.75) is 5.92 Å². The number of carbonyl (C=O) groups is 2. The van der Waals surface area contributed by atoms with Crippen molar-refractivity contribution >= 4 is 34.8 Å². The lowest BCUT2D eigenvalue weighted by molar-refractivity contribution is -0.384. The van der Waals surface area contributed by atoms with E-state index in [0.717, 1.165) is 17.2 Å². The standard InChI is InChI=1S/C22H18N4O4S/c27-20(17-12-7-13-18(14-17)26(29)30)23-22(31)25-24-21(28)19(15-8-3-1-4-9-15)16-10-5-2-6-11-16/h1-14,19H,(H,24,28)(H2,23,25,27,31). The van der Waals surface area contributed by atoms with Crippen LogP contribution in [-0.4, -0.2) is 21.9 Å². The van der Waals surface area contributed by atoms with Gasteiger partial charge in [0.25, 0.3) is 11.6 Å². The van der Waals surface area contributed by atoms with Crippen molar-refractivity contribution in [1.29, 1.82) is 0 Å². The molecule has 156 valence electrons. The highest BCUT2D eigenvalue weighted by molar-refractivity contribution is 7.80. The van der Waals surface area contributed by atoms with Crippen LogP contribution in [0.1, 0.15) is 27.4 Å². The highest BCUT2D eigenvalue weighted by Crippen LogP contribution is 2.24. The van der Waals surface area contributed by atoms with Crippen molar-refractivity contribution in [3.63, 3.8) is 0 Å². The zero-order valence-corrected chi connectivity index (χ0v) is 17.0. The monoisotopic (exact) mass is 434 g/mol. The Morgan fingerprint density at radius 1 is 0.839 bits per heavy atom. The molecule has 3 rings (SSSR count). The molecule has 0 aromatic heterocycles. The van der Waals surface area contributed by atoms with Crippen LogP contribution in [0.25, 0.3) is 0 Å². The molecule has 31 heavy (non-hydrogen) atoms. The lowest BCUT2D eigenvalue weighted by atomic mass is 9.91. The minimum atomic E-state index is -0.641. The second-order valence-corrected chi connectivity index (χ2v) is 6.87. The van der Waals surface area contributed by atoms with Crippen LogP contribution in [0.3, 0.4) is 0 Å². The number of thiocarbonyl (C=S) groups is 1. The first kappa shape index (κ1) is 21.6. The number of nitro groups is 1. The van der Waals surface area contributed by atoms with Gasteiger partial charge in [-0.2, -0.15) is 0 Å². The largest absolute Gasteiger partial charge is 0.298 e. The summed E-state index contributed by atoms with van der Waals surface area (Å²) in [6, 6.07) is 23.7. The van der Waals surface area contributed by atoms with Crippen LogP contribution >= 0.6 is 12.2 Å². The van der Waals surface area contributed by atoms with Crippen molar-refractivity contribution in [2.24, 2.45) is 0 Å². The number of hydrogen-bond donors (Lipinski definition) is 3. The number of amides is 2. The minimum Gasteiger partial charge on any atom is -0.298 e. The summed E-state index contributed by atoms with van der Waals surface area (Å²) in [5, 5.41) is 13.1. The lowest BCUT2D eigenvalue weighted by Crippen LogP contribution is -2.49. The topological polar surface area (TPSA) is 113 Å². The van der Waals surface area contributed by atoms with Crippen molar-refractivity contribution in [3.8, 4) is 0 Å². The number of hydrogen-bond acceptors (Lipinski definition) is 5. The Morgan fingerprint density at radius 2 is 1.42 bits per heavy atom. The van der Waals surface area contributed by atoms with Crippen molar-refractivity contribution < 1.29 is 14.5 Å². The third-order valence-electron chi connectivity index (χ3n) is 4.37. The molecule has 2 amide bonds. The molecule has 0 radical (unpaired) electrons. The Morgan fingerprint density at radius 3 is 1.97 bits per heavy atom. The van der Waals surface area contributed by atoms with Crippen LogP contribution in [0.2, 0.25) is 0 Å². The average Bonchev–Trinajstić information content (AvgIpc) is 2.79. The molecule has 9 heteroatoms. The van der Waals surface area contributed by atoms with E-state index >= 15 is 0 Å². The summed E-state index contributed by atoms with van der Waals surface area (Å²) >= 11 is 5.06.